The Hall–Kier alpha value is -4.57. The number of hydrogen-bond donors (Lipinski definition) is 3. The minimum absolute atomic E-state index is 0.0970. The first-order valence-electron chi connectivity index (χ1n) is 13.2. The van der Waals surface area contributed by atoms with E-state index in [1.54, 1.807) is 48.5 Å². The predicted octanol–water partition coefficient (Wildman–Crippen LogP) is 5.22. The number of halogens is 1. The Morgan fingerprint density at radius 1 is 0.878 bits per heavy atom. The maximum absolute atomic E-state index is 12.8. The Labute approximate surface area is 246 Å². The smallest absolute Gasteiger partial charge is 0.336 e. The standard InChI is InChI=1S/C31H29BrN4O5/c32-23-16-17-27(41-28(37)18-15-21-9-3-1-4-10-21)22(19-23)20-33-36-31(40)30(39)35-26-14-8-7-13-25(26)29(38)34-24-11-5-2-6-12-24/h1,3-4,7-10,13-20,24H,2,5-6,11-12H2,(H,34,38)(H,35,39)(H,36,40). The lowest BCUT2D eigenvalue weighted by molar-refractivity contribution is -0.136. The maximum atomic E-state index is 12.8. The first kappa shape index (κ1) is 29.4. The Kier molecular flexibility index (Phi) is 10.6. The van der Waals surface area contributed by atoms with E-state index in [1.165, 1.54) is 12.3 Å². The van der Waals surface area contributed by atoms with Crippen LogP contribution >= 0.6 is 15.9 Å². The third-order valence-corrected chi connectivity index (χ3v) is 6.82. The zero-order chi connectivity index (χ0) is 29.0. The average Bonchev–Trinajstić information content (AvgIpc) is 2.98. The van der Waals surface area contributed by atoms with E-state index in [1.807, 2.05) is 30.3 Å². The normalized spacial score (nSPS) is 13.6. The topological polar surface area (TPSA) is 126 Å². The summed E-state index contributed by atoms with van der Waals surface area (Å²) in [6.45, 7) is 0. The number of nitrogens with one attached hydrogen (secondary N) is 3. The van der Waals surface area contributed by atoms with Crippen molar-refractivity contribution in [2.75, 3.05) is 5.32 Å². The molecular formula is C31H29BrN4O5. The molecule has 0 spiro atoms. The molecule has 9 nitrogen and oxygen atoms in total. The van der Waals surface area contributed by atoms with Crippen LogP contribution in [-0.4, -0.2) is 35.9 Å². The van der Waals surface area contributed by atoms with Crippen molar-refractivity contribution in [1.82, 2.24) is 10.7 Å². The fraction of sp³-hybridized carbons (Fsp3) is 0.194. The van der Waals surface area contributed by atoms with Gasteiger partial charge in [-0.15, -0.1) is 0 Å². The van der Waals surface area contributed by atoms with Crippen LogP contribution in [0.1, 0.15) is 53.6 Å². The summed E-state index contributed by atoms with van der Waals surface area (Å²) in [6.07, 6.45) is 9.33. The summed E-state index contributed by atoms with van der Waals surface area (Å²) < 4.78 is 6.11. The molecule has 1 fully saturated rings. The van der Waals surface area contributed by atoms with E-state index in [0.29, 0.717) is 10.0 Å². The second-order valence-corrected chi connectivity index (χ2v) is 10.3. The third-order valence-electron chi connectivity index (χ3n) is 6.33. The number of amides is 3. The monoisotopic (exact) mass is 616 g/mol. The average molecular weight is 617 g/mol. The highest BCUT2D eigenvalue weighted by molar-refractivity contribution is 9.10. The number of rotatable bonds is 8. The number of ether oxygens (including phenoxy) is 1. The summed E-state index contributed by atoms with van der Waals surface area (Å²) in [5, 5.41) is 9.34. The number of para-hydroxylation sites is 1. The van der Waals surface area contributed by atoms with Gasteiger partial charge in [-0.05, 0) is 54.8 Å². The Morgan fingerprint density at radius 2 is 1.61 bits per heavy atom. The van der Waals surface area contributed by atoms with E-state index in [2.05, 4.69) is 37.1 Å². The van der Waals surface area contributed by atoms with E-state index in [9.17, 15) is 19.2 Å². The highest BCUT2D eigenvalue weighted by atomic mass is 79.9. The molecule has 0 atom stereocenters. The molecule has 4 rings (SSSR count). The summed E-state index contributed by atoms with van der Waals surface area (Å²) in [4.78, 5) is 50.2. The van der Waals surface area contributed by atoms with Crippen molar-refractivity contribution < 1.29 is 23.9 Å². The van der Waals surface area contributed by atoms with Crippen LogP contribution < -0.4 is 20.8 Å². The number of benzene rings is 3. The van der Waals surface area contributed by atoms with E-state index in [4.69, 9.17) is 4.74 Å². The lowest BCUT2D eigenvalue weighted by atomic mass is 9.95. The van der Waals surface area contributed by atoms with Gasteiger partial charge in [-0.2, -0.15) is 5.10 Å². The molecule has 1 aliphatic carbocycles. The van der Waals surface area contributed by atoms with Crippen LogP contribution in [0, 0.1) is 0 Å². The zero-order valence-electron chi connectivity index (χ0n) is 22.1. The highest BCUT2D eigenvalue weighted by Crippen LogP contribution is 2.23. The van der Waals surface area contributed by atoms with E-state index in [0.717, 1.165) is 37.7 Å². The quantitative estimate of drug-likeness (QED) is 0.0799. The van der Waals surface area contributed by atoms with Crippen LogP contribution in [-0.2, 0) is 14.4 Å². The molecule has 3 aromatic carbocycles. The maximum Gasteiger partial charge on any atom is 0.336 e. The number of hydrazone groups is 1. The number of anilines is 1. The fourth-order valence-electron chi connectivity index (χ4n) is 4.27. The lowest BCUT2D eigenvalue weighted by Crippen LogP contribution is -2.37. The molecular weight excluding hydrogens is 588 g/mol. The Bertz CT molecular complexity index is 1470. The molecule has 210 valence electrons. The van der Waals surface area contributed by atoms with Gasteiger partial charge in [-0.1, -0.05) is 77.7 Å². The van der Waals surface area contributed by atoms with Gasteiger partial charge in [0.1, 0.15) is 5.75 Å². The number of nitrogens with zero attached hydrogens (tertiary/aromatic N) is 1. The molecule has 3 N–H and O–H groups in total. The van der Waals surface area contributed by atoms with E-state index in [-0.39, 0.29) is 28.9 Å². The summed E-state index contributed by atoms with van der Waals surface area (Å²) in [5.74, 6) is -2.73. The second kappa shape index (κ2) is 14.7. The second-order valence-electron chi connectivity index (χ2n) is 9.35. The van der Waals surface area contributed by atoms with Crippen LogP contribution in [0.15, 0.2) is 88.4 Å². The Balaban J connectivity index is 1.35. The molecule has 0 radical (unpaired) electrons. The zero-order valence-corrected chi connectivity index (χ0v) is 23.7. The van der Waals surface area contributed by atoms with Crippen molar-refractivity contribution in [3.05, 3.63) is 100 Å². The molecule has 41 heavy (non-hydrogen) atoms. The molecule has 0 heterocycles. The summed E-state index contributed by atoms with van der Waals surface area (Å²) in [6, 6.07) is 20.8. The van der Waals surface area contributed by atoms with Crippen molar-refractivity contribution in [2.45, 2.75) is 38.1 Å². The Morgan fingerprint density at radius 3 is 2.39 bits per heavy atom. The van der Waals surface area contributed by atoms with Crippen molar-refractivity contribution in [3.63, 3.8) is 0 Å². The predicted molar refractivity (Wildman–Crippen MR) is 160 cm³/mol. The SMILES string of the molecule is O=C(C=Cc1ccccc1)Oc1ccc(Br)cc1C=NNC(=O)C(=O)Nc1ccccc1C(=O)NC1CCCCC1. The van der Waals surface area contributed by atoms with Crippen LogP contribution in [0.3, 0.4) is 0 Å². The van der Waals surface area contributed by atoms with Crippen molar-refractivity contribution in [1.29, 1.82) is 0 Å². The third kappa shape index (κ3) is 8.97. The summed E-state index contributed by atoms with van der Waals surface area (Å²) in [7, 11) is 0. The van der Waals surface area contributed by atoms with Gasteiger partial charge in [-0.3, -0.25) is 14.4 Å². The van der Waals surface area contributed by atoms with Crippen LogP contribution in [0.2, 0.25) is 0 Å². The van der Waals surface area contributed by atoms with Crippen LogP contribution in [0.4, 0.5) is 5.69 Å². The van der Waals surface area contributed by atoms with Gasteiger partial charge in [-0.25, -0.2) is 10.2 Å². The fourth-order valence-corrected chi connectivity index (χ4v) is 4.65. The van der Waals surface area contributed by atoms with Gasteiger partial charge in [0.2, 0.25) is 0 Å². The van der Waals surface area contributed by atoms with Crippen molar-refractivity contribution in [3.8, 4) is 5.75 Å². The highest BCUT2D eigenvalue weighted by Gasteiger charge is 2.21. The number of esters is 1. The molecule has 3 amide bonds. The summed E-state index contributed by atoms with van der Waals surface area (Å²) in [5.41, 5.74) is 3.87. The van der Waals surface area contributed by atoms with Crippen LogP contribution in [0.5, 0.6) is 5.75 Å². The summed E-state index contributed by atoms with van der Waals surface area (Å²) >= 11 is 3.35. The molecule has 0 saturated heterocycles. The number of carbonyl (C=O) groups is 4. The van der Waals surface area contributed by atoms with Gasteiger partial charge < -0.3 is 15.4 Å². The van der Waals surface area contributed by atoms with Gasteiger partial charge in [0.25, 0.3) is 5.91 Å². The first-order chi connectivity index (χ1) is 19.9. The van der Waals surface area contributed by atoms with Crippen molar-refractivity contribution in [2.24, 2.45) is 5.10 Å². The minimum atomic E-state index is -1.04. The molecule has 10 heteroatoms. The first-order valence-corrected chi connectivity index (χ1v) is 14.0. The number of carbonyl (C=O) groups excluding carboxylic acids is 4. The molecule has 0 bridgehead atoms. The molecule has 3 aromatic rings. The van der Waals surface area contributed by atoms with Gasteiger partial charge in [0.15, 0.2) is 0 Å². The van der Waals surface area contributed by atoms with Gasteiger partial charge in [0, 0.05) is 22.2 Å². The van der Waals surface area contributed by atoms with Gasteiger partial charge in [0.05, 0.1) is 17.5 Å². The van der Waals surface area contributed by atoms with Crippen molar-refractivity contribution >= 4 is 57.6 Å². The van der Waals surface area contributed by atoms with Gasteiger partial charge >= 0.3 is 17.8 Å². The minimum Gasteiger partial charge on any atom is -0.423 e. The molecule has 1 saturated carbocycles. The van der Waals surface area contributed by atoms with E-state index >= 15 is 0 Å². The lowest BCUT2D eigenvalue weighted by Gasteiger charge is -2.23. The molecule has 0 aliphatic heterocycles. The molecule has 0 aromatic heterocycles. The molecule has 0 unspecified atom stereocenters. The number of hydrogen-bond acceptors (Lipinski definition) is 6. The molecule has 1 aliphatic rings. The largest absolute Gasteiger partial charge is 0.423 e. The van der Waals surface area contributed by atoms with E-state index < -0.39 is 17.8 Å². The van der Waals surface area contributed by atoms with Crippen LogP contribution in [0.25, 0.3) is 6.08 Å².